The molecule has 1 atom stereocenters. The van der Waals surface area contributed by atoms with Gasteiger partial charge in [-0.05, 0) is 13.0 Å². The van der Waals surface area contributed by atoms with Crippen molar-refractivity contribution in [3.05, 3.63) is 23.8 Å². The van der Waals surface area contributed by atoms with Crippen LogP contribution in [0.1, 0.15) is 6.92 Å². The van der Waals surface area contributed by atoms with E-state index in [9.17, 15) is 8.78 Å². The second-order valence-corrected chi connectivity index (χ2v) is 3.95. The van der Waals surface area contributed by atoms with Gasteiger partial charge in [-0.25, -0.2) is 8.78 Å². The summed E-state index contributed by atoms with van der Waals surface area (Å²) >= 11 is 0. The SMILES string of the molecule is CC1CN(c2cc(F)cc(F)c2N)CCO1. The molecule has 2 rings (SSSR count). The molecule has 0 aromatic heterocycles. The van der Waals surface area contributed by atoms with Crippen LogP contribution in [-0.2, 0) is 4.74 Å². The minimum atomic E-state index is -0.714. The van der Waals surface area contributed by atoms with Crippen LogP contribution in [0.5, 0.6) is 0 Å². The summed E-state index contributed by atoms with van der Waals surface area (Å²) < 4.78 is 31.7. The van der Waals surface area contributed by atoms with Crippen molar-refractivity contribution < 1.29 is 13.5 Å². The Morgan fingerprint density at radius 2 is 2.19 bits per heavy atom. The third kappa shape index (κ3) is 2.09. The molecule has 0 amide bonds. The van der Waals surface area contributed by atoms with Gasteiger partial charge in [-0.15, -0.1) is 0 Å². The molecule has 1 aliphatic rings. The van der Waals surface area contributed by atoms with E-state index in [0.29, 0.717) is 25.4 Å². The van der Waals surface area contributed by atoms with E-state index in [4.69, 9.17) is 10.5 Å². The molecule has 1 aromatic carbocycles. The Morgan fingerprint density at radius 1 is 1.44 bits per heavy atom. The van der Waals surface area contributed by atoms with Crippen LogP contribution in [0.15, 0.2) is 12.1 Å². The summed E-state index contributed by atoms with van der Waals surface area (Å²) in [5, 5.41) is 0. The van der Waals surface area contributed by atoms with Crippen molar-refractivity contribution in [2.24, 2.45) is 0 Å². The lowest BCUT2D eigenvalue weighted by molar-refractivity contribution is 0.0532. The molecule has 0 bridgehead atoms. The lowest BCUT2D eigenvalue weighted by Gasteiger charge is -2.33. The van der Waals surface area contributed by atoms with Crippen molar-refractivity contribution in [1.29, 1.82) is 0 Å². The molecule has 0 radical (unpaired) electrons. The monoisotopic (exact) mass is 228 g/mol. The van der Waals surface area contributed by atoms with Crippen molar-refractivity contribution in [2.45, 2.75) is 13.0 Å². The Kier molecular flexibility index (Phi) is 2.96. The summed E-state index contributed by atoms with van der Waals surface area (Å²) in [6.45, 7) is 3.64. The van der Waals surface area contributed by atoms with Crippen molar-refractivity contribution in [1.82, 2.24) is 0 Å². The molecule has 1 heterocycles. The van der Waals surface area contributed by atoms with E-state index in [-0.39, 0.29) is 11.8 Å². The number of halogens is 2. The molecule has 0 spiro atoms. The minimum Gasteiger partial charge on any atom is -0.395 e. The number of hydrogen-bond donors (Lipinski definition) is 1. The van der Waals surface area contributed by atoms with Crippen LogP contribution in [0.4, 0.5) is 20.2 Å². The Morgan fingerprint density at radius 3 is 2.88 bits per heavy atom. The van der Waals surface area contributed by atoms with Gasteiger partial charge in [0.25, 0.3) is 0 Å². The highest BCUT2D eigenvalue weighted by molar-refractivity contribution is 5.68. The van der Waals surface area contributed by atoms with Gasteiger partial charge in [0.05, 0.1) is 24.1 Å². The van der Waals surface area contributed by atoms with Gasteiger partial charge in [-0.1, -0.05) is 0 Å². The van der Waals surface area contributed by atoms with Crippen LogP contribution >= 0.6 is 0 Å². The highest BCUT2D eigenvalue weighted by Gasteiger charge is 2.20. The van der Waals surface area contributed by atoms with Crippen LogP contribution in [0, 0.1) is 11.6 Å². The third-order valence-corrected chi connectivity index (χ3v) is 2.65. The highest BCUT2D eigenvalue weighted by atomic mass is 19.1. The summed E-state index contributed by atoms with van der Waals surface area (Å²) in [7, 11) is 0. The maximum Gasteiger partial charge on any atom is 0.151 e. The van der Waals surface area contributed by atoms with E-state index >= 15 is 0 Å². The van der Waals surface area contributed by atoms with Gasteiger partial charge in [-0.3, -0.25) is 0 Å². The van der Waals surface area contributed by atoms with E-state index in [0.717, 1.165) is 6.07 Å². The lowest BCUT2D eigenvalue weighted by atomic mass is 10.2. The van der Waals surface area contributed by atoms with Gasteiger partial charge in [0.1, 0.15) is 5.82 Å². The van der Waals surface area contributed by atoms with Gasteiger partial charge < -0.3 is 15.4 Å². The van der Waals surface area contributed by atoms with E-state index in [2.05, 4.69) is 0 Å². The van der Waals surface area contributed by atoms with Crippen LogP contribution in [-0.4, -0.2) is 25.8 Å². The predicted molar refractivity (Wildman–Crippen MR) is 58.4 cm³/mol. The lowest BCUT2D eigenvalue weighted by Crippen LogP contribution is -2.41. The molecule has 5 heteroatoms. The standard InChI is InChI=1S/C11H14F2N2O/c1-7-6-15(2-3-16-7)10-5-8(12)4-9(13)11(10)14/h4-5,7H,2-3,6,14H2,1H3. The Balaban J connectivity index is 2.32. The first-order chi connectivity index (χ1) is 7.58. The van der Waals surface area contributed by atoms with Crippen LogP contribution < -0.4 is 10.6 Å². The first-order valence-corrected chi connectivity index (χ1v) is 5.19. The van der Waals surface area contributed by atoms with E-state index in [1.165, 1.54) is 6.07 Å². The summed E-state index contributed by atoms with van der Waals surface area (Å²) in [4.78, 5) is 1.84. The number of ether oxygens (including phenoxy) is 1. The first kappa shape index (κ1) is 11.1. The number of hydrogen-bond acceptors (Lipinski definition) is 3. The normalized spacial score (nSPS) is 21.2. The quantitative estimate of drug-likeness (QED) is 0.744. The fourth-order valence-corrected chi connectivity index (χ4v) is 1.87. The maximum atomic E-state index is 13.3. The second-order valence-electron chi connectivity index (χ2n) is 3.95. The zero-order chi connectivity index (χ0) is 11.7. The van der Waals surface area contributed by atoms with Crippen molar-refractivity contribution in [3.8, 4) is 0 Å². The molecule has 16 heavy (non-hydrogen) atoms. The molecule has 1 saturated heterocycles. The van der Waals surface area contributed by atoms with Gasteiger partial charge in [-0.2, -0.15) is 0 Å². The van der Waals surface area contributed by atoms with E-state index in [1.807, 2.05) is 11.8 Å². The summed E-state index contributed by atoms with van der Waals surface area (Å²) in [6, 6.07) is 2.05. The van der Waals surface area contributed by atoms with Gasteiger partial charge in [0.15, 0.2) is 5.82 Å². The Labute approximate surface area is 92.8 Å². The third-order valence-electron chi connectivity index (χ3n) is 2.65. The molecule has 0 aliphatic carbocycles. The number of anilines is 2. The molecule has 1 unspecified atom stereocenters. The number of rotatable bonds is 1. The Hall–Kier alpha value is -1.36. The molecular formula is C11H14F2N2O. The number of morpholine rings is 1. The molecule has 2 N–H and O–H groups in total. The zero-order valence-electron chi connectivity index (χ0n) is 9.04. The fourth-order valence-electron chi connectivity index (χ4n) is 1.87. The second kappa shape index (κ2) is 4.25. The number of nitrogen functional groups attached to an aromatic ring is 1. The topological polar surface area (TPSA) is 38.5 Å². The average Bonchev–Trinajstić information content (AvgIpc) is 2.23. The highest BCUT2D eigenvalue weighted by Crippen LogP contribution is 2.28. The summed E-state index contributed by atoms with van der Waals surface area (Å²) in [6.07, 6.45) is 0.0412. The van der Waals surface area contributed by atoms with Crippen LogP contribution in [0.2, 0.25) is 0 Å². The van der Waals surface area contributed by atoms with E-state index in [1.54, 1.807) is 0 Å². The predicted octanol–water partition coefficient (Wildman–Crippen LogP) is 1.77. The maximum absolute atomic E-state index is 13.3. The average molecular weight is 228 g/mol. The summed E-state index contributed by atoms with van der Waals surface area (Å²) in [5.41, 5.74) is 6.01. The zero-order valence-corrected chi connectivity index (χ0v) is 9.04. The Bertz CT molecular complexity index is 398. The molecule has 0 saturated carbocycles. The van der Waals surface area contributed by atoms with Crippen molar-refractivity contribution in [3.63, 3.8) is 0 Å². The molecule has 3 nitrogen and oxygen atoms in total. The number of benzene rings is 1. The van der Waals surface area contributed by atoms with Crippen LogP contribution in [0.3, 0.4) is 0 Å². The van der Waals surface area contributed by atoms with Gasteiger partial charge in [0, 0.05) is 19.2 Å². The van der Waals surface area contributed by atoms with Gasteiger partial charge >= 0.3 is 0 Å². The fraction of sp³-hybridized carbons (Fsp3) is 0.455. The first-order valence-electron chi connectivity index (χ1n) is 5.19. The smallest absolute Gasteiger partial charge is 0.151 e. The van der Waals surface area contributed by atoms with Crippen molar-refractivity contribution in [2.75, 3.05) is 30.3 Å². The van der Waals surface area contributed by atoms with Crippen molar-refractivity contribution >= 4 is 11.4 Å². The number of nitrogens with two attached hydrogens (primary N) is 1. The van der Waals surface area contributed by atoms with Crippen LogP contribution in [0.25, 0.3) is 0 Å². The number of nitrogens with zero attached hydrogens (tertiary/aromatic N) is 1. The minimum absolute atomic E-state index is 0.00417. The molecular weight excluding hydrogens is 214 g/mol. The largest absolute Gasteiger partial charge is 0.395 e. The molecule has 88 valence electrons. The molecule has 1 aliphatic heterocycles. The summed E-state index contributed by atoms with van der Waals surface area (Å²) in [5.74, 6) is -1.32. The van der Waals surface area contributed by atoms with Gasteiger partial charge in [0.2, 0.25) is 0 Å². The molecule has 1 fully saturated rings. The van der Waals surface area contributed by atoms with E-state index < -0.39 is 11.6 Å². The molecule has 1 aromatic rings.